The SMILES string of the molecule is Cc1nc(-c2ccccc2)sc1C(=O)C1=C(O)C(=O)N(CCN(C)C)C1c1ccc(OCc2ccccc2)cc1. The number of aliphatic hydroxyl groups is 1. The van der Waals surface area contributed by atoms with E-state index in [-0.39, 0.29) is 11.4 Å². The van der Waals surface area contributed by atoms with Crippen molar-refractivity contribution in [1.82, 2.24) is 14.8 Å². The Hall–Kier alpha value is -4.27. The van der Waals surface area contributed by atoms with Gasteiger partial charge in [0.1, 0.15) is 17.4 Å². The zero-order valence-electron chi connectivity index (χ0n) is 22.7. The van der Waals surface area contributed by atoms with Crippen LogP contribution in [-0.2, 0) is 11.4 Å². The molecule has 0 aliphatic carbocycles. The van der Waals surface area contributed by atoms with Crippen LogP contribution in [0.15, 0.2) is 96.3 Å². The van der Waals surface area contributed by atoms with E-state index in [1.807, 2.05) is 104 Å². The Morgan fingerprint density at radius 3 is 2.30 bits per heavy atom. The van der Waals surface area contributed by atoms with Gasteiger partial charge in [0.25, 0.3) is 5.91 Å². The number of carbonyl (C=O) groups is 2. The summed E-state index contributed by atoms with van der Waals surface area (Å²) in [6.07, 6.45) is 0. The van der Waals surface area contributed by atoms with Crippen LogP contribution in [0.4, 0.5) is 0 Å². The van der Waals surface area contributed by atoms with Crippen LogP contribution in [0.5, 0.6) is 5.75 Å². The molecule has 1 aliphatic rings. The highest BCUT2D eigenvalue weighted by Crippen LogP contribution is 2.41. The predicted molar refractivity (Wildman–Crippen MR) is 156 cm³/mol. The van der Waals surface area contributed by atoms with E-state index in [1.165, 1.54) is 11.3 Å². The van der Waals surface area contributed by atoms with Gasteiger partial charge in [0.15, 0.2) is 5.76 Å². The molecule has 3 aromatic carbocycles. The highest BCUT2D eigenvalue weighted by Gasteiger charge is 2.44. The number of hydrogen-bond donors (Lipinski definition) is 1. The molecule has 8 heteroatoms. The van der Waals surface area contributed by atoms with E-state index in [0.717, 1.165) is 16.7 Å². The Morgan fingerprint density at radius 2 is 1.65 bits per heavy atom. The number of likely N-dealkylation sites (N-methyl/N-ethyl adjacent to an activating group) is 1. The largest absolute Gasteiger partial charge is 0.503 e. The number of carbonyl (C=O) groups excluding carboxylic acids is 2. The highest BCUT2D eigenvalue weighted by atomic mass is 32.1. The van der Waals surface area contributed by atoms with Crippen LogP contribution in [0.1, 0.15) is 32.5 Å². The molecule has 1 aromatic heterocycles. The normalized spacial score (nSPS) is 15.2. The van der Waals surface area contributed by atoms with Gasteiger partial charge >= 0.3 is 0 Å². The Labute approximate surface area is 238 Å². The van der Waals surface area contributed by atoms with Crippen LogP contribution in [0, 0.1) is 6.92 Å². The second-order valence-corrected chi connectivity index (χ2v) is 10.9. The molecular formula is C32H31N3O4S. The Bertz CT molecular complexity index is 1530. The fourth-order valence-corrected chi connectivity index (χ4v) is 5.72. The minimum Gasteiger partial charge on any atom is -0.503 e. The molecule has 1 amide bonds. The van der Waals surface area contributed by atoms with E-state index in [4.69, 9.17) is 4.74 Å². The Morgan fingerprint density at radius 1 is 1.00 bits per heavy atom. The summed E-state index contributed by atoms with van der Waals surface area (Å²) in [4.78, 5) is 35.9. The summed E-state index contributed by atoms with van der Waals surface area (Å²) in [6.45, 7) is 3.13. The highest BCUT2D eigenvalue weighted by molar-refractivity contribution is 7.17. The molecule has 1 atom stereocenters. The van der Waals surface area contributed by atoms with Gasteiger partial charge in [-0.2, -0.15) is 0 Å². The van der Waals surface area contributed by atoms with Gasteiger partial charge in [0.2, 0.25) is 5.78 Å². The van der Waals surface area contributed by atoms with E-state index < -0.39 is 17.7 Å². The zero-order chi connectivity index (χ0) is 28.2. The van der Waals surface area contributed by atoms with Crippen LogP contribution in [-0.4, -0.2) is 58.8 Å². The lowest BCUT2D eigenvalue weighted by Gasteiger charge is -2.28. The van der Waals surface area contributed by atoms with E-state index in [2.05, 4.69) is 4.98 Å². The van der Waals surface area contributed by atoms with Crippen LogP contribution in [0.25, 0.3) is 10.6 Å². The number of benzene rings is 3. The third-order valence-corrected chi connectivity index (χ3v) is 8.01. The number of Topliss-reactive ketones (excluding diaryl/α,β-unsaturated/α-hetero) is 1. The van der Waals surface area contributed by atoms with Crippen molar-refractivity contribution in [2.24, 2.45) is 0 Å². The molecule has 0 spiro atoms. The van der Waals surface area contributed by atoms with Crippen molar-refractivity contribution in [3.63, 3.8) is 0 Å². The average Bonchev–Trinajstić information content (AvgIpc) is 3.48. The third kappa shape index (κ3) is 5.68. The number of rotatable bonds is 10. The quantitative estimate of drug-likeness (QED) is 0.249. The monoisotopic (exact) mass is 553 g/mol. The smallest absolute Gasteiger partial charge is 0.290 e. The molecule has 2 heterocycles. The fourth-order valence-electron chi connectivity index (χ4n) is 4.69. The lowest BCUT2D eigenvalue weighted by Crippen LogP contribution is -2.36. The number of aliphatic hydroxyl groups excluding tert-OH is 1. The van der Waals surface area contributed by atoms with Crippen LogP contribution in [0.3, 0.4) is 0 Å². The first-order valence-electron chi connectivity index (χ1n) is 13.1. The zero-order valence-corrected chi connectivity index (χ0v) is 23.5. The first kappa shape index (κ1) is 27.3. The maximum Gasteiger partial charge on any atom is 0.290 e. The second-order valence-electron chi connectivity index (χ2n) is 9.94. The summed E-state index contributed by atoms with van der Waals surface area (Å²) in [7, 11) is 3.83. The van der Waals surface area contributed by atoms with Gasteiger partial charge in [0.05, 0.1) is 22.2 Å². The summed E-state index contributed by atoms with van der Waals surface area (Å²) in [5, 5.41) is 11.8. The molecule has 0 saturated carbocycles. The van der Waals surface area contributed by atoms with Crippen LogP contribution in [0.2, 0.25) is 0 Å². The maximum atomic E-state index is 14.0. The number of aromatic nitrogens is 1. The average molecular weight is 554 g/mol. The molecule has 204 valence electrons. The molecule has 0 bridgehead atoms. The second kappa shape index (κ2) is 11.9. The first-order valence-corrected chi connectivity index (χ1v) is 13.9. The molecule has 1 N–H and O–H groups in total. The number of ether oxygens (including phenoxy) is 1. The predicted octanol–water partition coefficient (Wildman–Crippen LogP) is 5.84. The number of nitrogens with zero attached hydrogens (tertiary/aromatic N) is 3. The van der Waals surface area contributed by atoms with Crippen molar-refractivity contribution in [1.29, 1.82) is 0 Å². The summed E-state index contributed by atoms with van der Waals surface area (Å²) < 4.78 is 5.94. The number of ketones is 1. The number of thiazole rings is 1. The molecule has 1 aliphatic heterocycles. The van der Waals surface area contributed by atoms with Gasteiger partial charge in [0, 0.05) is 18.7 Å². The van der Waals surface area contributed by atoms with Crippen molar-refractivity contribution in [2.75, 3.05) is 27.2 Å². The molecule has 4 aromatic rings. The van der Waals surface area contributed by atoms with Gasteiger partial charge in [-0.15, -0.1) is 11.3 Å². The van der Waals surface area contributed by atoms with Crippen molar-refractivity contribution >= 4 is 23.0 Å². The number of amides is 1. The van der Waals surface area contributed by atoms with Gasteiger partial charge in [-0.25, -0.2) is 4.98 Å². The molecule has 5 rings (SSSR count). The fraction of sp³-hybridized carbons (Fsp3) is 0.219. The van der Waals surface area contributed by atoms with Crippen molar-refractivity contribution in [3.8, 4) is 16.3 Å². The van der Waals surface area contributed by atoms with Crippen molar-refractivity contribution in [3.05, 3.63) is 118 Å². The lowest BCUT2D eigenvalue weighted by molar-refractivity contribution is -0.129. The Balaban J connectivity index is 1.46. The third-order valence-electron chi connectivity index (χ3n) is 6.80. The molecular weight excluding hydrogens is 522 g/mol. The van der Waals surface area contributed by atoms with E-state index >= 15 is 0 Å². The summed E-state index contributed by atoms with van der Waals surface area (Å²) in [6, 6.07) is 26.2. The summed E-state index contributed by atoms with van der Waals surface area (Å²) >= 11 is 1.27. The Kier molecular flexibility index (Phi) is 8.09. The number of hydrogen-bond acceptors (Lipinski definition) is 7. The molecule has 7 nitrogen and oxygen atoms in total. The lowest BCUT2D eigenvalue weighted by atomic mass is 9.95. The molecule has 0 fully saturated rings. The van der Waals surface area contributed by atoms with Gasteiger partial charge in [-0.1, -0.05) is 72.8 Å². The van der Waals surface area contributed by atoms with Crippen molar-refractivity contribution < 1.29 is 19.4 Å². The minimum atomic E-state index is -0.732. The summed E-state index contributed by atoms with van der Waals surface area (Å²) in [5.74, 6) is -0.772. The van der Waals surface area contributed by atoms with E-state index in [9.17, 15) is 14.7 Å². The number of aryl methyl sites for hydroxylation is 1. The molecule has 1 unspecified atom stereocenters. The standard InChI is InChI=1S/C32H31N3O4S/c1-21-30(40-31(33-21)24-12-8-5-9-13-24)28(36)26-27(35(19-18-34(2)3)32(38)29(26)37)23-14-16-25(17-15-23)39-20-22-10-6-4-7-11-22/h4-17,27,37H,18-20H2,1-3H3. The van der Waals surface area contributed by atoms with E-state index in [1.54, 1.807) is 11.8 Å². The van der Waals surface area contributed by atoms with Gasteiger partial charge in [-0.3, -0.25) is 9.59 Å². The maximum absolute atomic E-state index is 14.0. The van der Waals surface area contributed by atoms with E-state index in [0.29, 0.717) is 41.0 Å². The topological polar surface area (TPSA) is 83.0 Å². The van der Waals surface area contributed by atoms with Crippen molar-refractivity contribution in [2.45, 2.75) is 19.6 Å². The van der Waals surface area contributed by atoms with Gasteiger partial charge < -0.3 is 19.6 Å². The molecule has 0 saturated heterocycles. The summed E-state index contributed by atoms with van der Waals surface area (Å²) in [5.41, 5.74) is 3.32. The van der Waals surface area contributed by atoms with Gasteiger partial charge in [-0.05, 0) is 44.3 Å². The molecule has 0 radical (unpaired) electrons. The first-order chi connectivity index (χ1) is 19.3. The van der Waals surface area contributed by atoms with Crippen LogP contribution < -0.4 is 4.74 Å². The van der Waals surface area contributed by atoms with Crippen LogP contribution >= 0.6 is 11.3 Å². The minimum absolute atomic E-state index is 0.0769. The molecule has 40 heavy (non-hydrogen) atoms.